The molecule has 0 atom stereocenters. The molecule has 0 heterocycles. The van der Waals surface area contributed by atoms with Crippen LogP contribution in [0.1, 0.15) is 13.8 Å². The zero-order valence-corrected chi connectivity index (χ0v) is 6.31. The summed E-state index contributed by atoms with van der Waals surface area (Å²) in [4.78, 5) is 9.82. The van der Waals surface area contributed by atoms with Gasteiger partial charge in [0.1, 0.15) is 0 Å². The number of carboxylic acids is 1. The molecule has 0 saturated heterocycles. The van der Waals surface area contributed by atoms with E-state index in [0.29, 0.717) is 5.92 Å². The zero-order chi connectivity index (χ0) is 6.57. The van der Waals surface area contributed by atoms with Gasteiger partial charge in [-0.1, -0.05) is 19.9 Å². The lowest BCUT2D eigenvalue weighted by atomic mass is 10.2. The molecule has 0 spiro atoms. The SMILES string of the molecule is CC(C)C=CC(=O)O.Cl. The summed E-state index contributed by atoms with van der Waals surface area (Å²) in [6.45, 7) is 3.86. The number of carbonyl (C=O) groups is 1. The molecule has 1 N–H and O–H groups in total. The van der Waals surface area contributed by atoms with Crippen LogP contribution < -0.4 is 0 Å². The number of carboxylic acid groups (broad SMARTS) is 1. The van der Waals surface area contributed by atoms with Gasteiger partial charge < -0.3 is 5.11 Å². The molecular formula is C6H11ClO2. The van der Waals surface area contributed by atoms with Crippen LogP contribution in [0.5, 0.6) is 0 Å². The Morgan fingerprint density at radius 2 is 2.00 bits per heavy atom. The van der Waals surface area contributed by atoms with Crippen LogP contribution in [0.2, 0.25) is 0 Å². The Labute approximate surface area is 61.0 Å². The Hall–Kier alpha value is -0.500. The number of halogens is 1. The van der Waals surface area contributed by atoms with Crippen molar-refractivity contribution >= 4 is 18.4 Å². The normalized spacial score (nSPS) is 9.67. The zero-order valence-electron chi connectivity index (χ0n) is 5.50. The molecule has 3 heteroatoms. The van der Waals surface area contributed by atoms with Gasteiger partial charge in [0.25, 0.3) is 0 Å². The minimum absolute atomic E-state index is 0. The minimum atomic E-state index is -0.876. The van der Waals surface area contributed by atoms with E-state index >= 15 is 0 Å². The highest BCUT2D eigenvalue weighted by atomic mass is 35.5. The quantitative estimate of drug-likeness (QED) is 0.609. The van der Waals surface area contributed by atoms with Gasteiger partial charge in [-0.2, -0.15) is 0 Å². The Morgan fingerprint density at radius 1 is 1.56 bits per heavy atom. The van der Waals surface area contributed by atoms with Crippen molar-refractivity contribution in [3.8, 4) is 0 Å². The van der Waals surface area contributed by atoms with Gasteiger partial charge in [0, 0.05) is 6.08 Å². The molecule has 0 unspecified atom stereocenters. The molecule has 0 aliphatic heterocycles. The fourth-order valence-corrected chi connectivity index (χ4v) is 0.275. The molecule has 0 saturated carbocycles. The monoisotopic (exact) mass is 150 g/mol. The molecule has 0 aliphatic rings. The molecule has 54 valence electrons. The lowest BCUT2D eigenvalue weighted by Gasteiger charge is -1.88. The van der Waals surface area contributed by atoms with Gasteiger partial charge in [-0.05, 0) is 5.92 Å². The van der Waals surface area contributed by atoms with Gasteiger partial charge in [-0.25, -0.2) is 4.79 Å². The van der Waals surface area contributed by atoms with Crippen LogP contribution >= 0.6 is 12.4 Å². The van der Waals surface area contributed by atoms with Crippen LogP contribution in [0, 0.1) is 5.92 Å². The van der Waals surface area contributed by atoms with Crippen LogP contribution in [-0.4, -0.2) is 11.1 Å². The smallest absolute Gasteiger partial charge is 0.327 e. The van der Waals surface area contributed by atoms with E-state index in [4.69, 9.17) is 5.11 Å². The fraction of sp³-hybridized carbons (Fsp3) is 0.500. The van der Waals surface area contributed by atoms with Gasteiger partial charge >= 0.3 is 5.97 Å². The standard InChI is InChI=1S/C6H10O2.ClH/c1-5(2)3-4-6(7)8;/h3-5H,1-2H3,(H,7,8);1H. The molecule has 0 aromatic carbocycles. The third-order valence-corrected chi connectivity index (χ3v) is 0.624. The van der Waals surface area contributed by atoms with Gasteiger partial charge in [0.2, 0.25) is 0 Å². The molecule has 0 fully saturated rings. The van der Waals surface area contributed by atoms with Gasteiger partial charge in [0.15, 0.2) is 0 Å². The summed E-state index contributed by atoms with van der Waals surface area (Å²) in [5.41, 5.74) is 0. The predicted molar refractivity (Wildman–Crippen MR) is 38.9 cm³/mol. The van der Waals surface area contributed by atoms with Crippen molar-refractivity contribution in [3.63, 3.8) is 0 Å². The van der Waals surface area contributed by atoms with Crippen LogP contribution in [-0.2, 0) is 4.79 Å². The summed E-state index contributed by atoms with van der Waals surface area (Å²) in [6, 6.07) is 0. The van der Waals surface area contributed by atoms with Crippen molar-refractivity contribution in [1.82, 2.24) is 0 Å². The summed E-state index contributed by atoms with van der Waals surface area (Å²) in [6.07, 6.45) is 2.80. The molecule has 0 aromatic rings. The summed E-state index contributed by atoms with van der Waals surface area (Å²) >= 11 is 0. The second kappa shape index (κ2) is 5.63. The second-order valence-corrected chi connectivity index (χ2v) is 1.94. The summed E-state index contributed by atoms with van der Waals surface area (Å²) in [5, 5.41) is 8.08. The van der Waals surface area contributed by atoms with Gasteiger partial charge in [-0.3, -0.25) is 0 Å². The van der Waals surface area contributed by atoms with Crippen molar-refractivity contribution < 1.29 is 9.90 Å². The Kier molecular flexibility index (Phi) is 7.08. The van der Waals surface area contributed by atoms with Crippen LogP contribution in [0.15, 0.2) is 12.2 Å². The molecule has 2 nitrogen and oxygen atoms in total. The second-order valence-electron chi connectivity index (χ2n) is 1.94. The van der Waals surface area contributed by atoms with E-state index in [2.05, 4.69) is 0 Å². The van der Waals surface area contributed by atoms with Gasteiger partial charge in [-0.15, -0.1) is 12.4 Å². The Bertz CT molecular complexity index is 108. The molecule has 0 aliphatic carbocycles. The third kappa shape index (κ3) is 11.2. The average molecular weight is 151 g/mol. The highest BCUT2D eigenvalue weighted by Crippen LogP contribution is 1.91. The lowest BCUT2D eigenvalue weighted by Crippen LogP contribution is -1.87. The molecule has 9 heavy (non-hydrogen) atoms. The molecule has 0 rings (SSSR count). The summed E-state index contributed by atoms with van der Waals surface area (Å²) in [5.74, 6) is -0.551. The number of aliphatic carboxylic acids is 1. The predicted octanol–water partition coefficient (Wildman–Crippen LogP) is 1.71. The fourth-order valence-electron chi connectivity index (χ4n) is 0.275. The maximum Gasteiger partial charge on any atom is 0.327 e. The third-order valence-electron chi connectivity index (χ3n) is 0.624. The first kappa shape index (κ1) is 11.3. The van der Waals surface area contributed by atoms with Crippen molar-refractivity contribution in [2.75, 3.05) is 0 Å². The first-order valence-electron chi connectivity index (χ1n) is 2.54. The summed E-state index contributed by atoms with van der Waals surface area (Å²) in [7, 11) is 0. The number of hydrogen-bond donors (Lipinski definition) is 1. The molecule has 0 amide bonds. The van der Waals surface area contributed by atoms with Crippen LogP contribution in [0.3, 0.4) is 0 Å². The highest BCUT2D eigenvalue weighted by molar-refractivity contribution is 5.85. The molecule has 0 aromatic heterocycles. The van der Waals surface area contributed by atoms with E-state index in [0.717, 1.165) is 6.08 Å². The average Bonchev–Trinajstić information content (AvgIpc) is 1.61. The van der Waals surface area contributed by atoms with Gasteiger partial charge in [0.05, 0.1) is 0 Å². The van der Waals surface area contributed by atoms with Crippen molar-refractivity contribution in [2.24, 2.45) is 5.92 Å². The number of rotatable bonds is 2. The maximum atomic E-state index is 9.82. The highest BCUT2D eigenvalue weighted by Gasteiger charge is 1.86. The van der Waals surface area contributed by atoms with Crippen LogP contribution in [0.25, 0.3) is 0 Å². The summed E-state index contributed by atoms with van der Waals surface area (Å²) < 4.78 is 0. The van der Waals surface area contributed by atoms with E-state index in [1.54, 1.807) is 6.08 Å². The Balaban J connectivity index is 0. The van der Waals surface area contributed by atoms with E-state index in [1.165, 1.54) is 0 Å². The molecule has 0 bridgehead atoms. The molecule has 0 radical (unpaired) electrons. The lowest BCUT2D eigenvalue weighted by molar-refractivity contribution is -0.131. The maximum absolute atomic E-state index is 9.82. The van der Waals surface area contributed by atoms with Crippen molar-refractivity contribution in [2.45, 2.75) is 13.8 Å². The molecular weight excluding hydrogens is 140 g/mol. The topological polar surface area (TPSA) is 37.3 Å². The van der Waals surface area contributed by atoms with Crippen molar-refractivity contribution in [1.29, 1.82) is 0 Å². The largest absolute Gasteiger partial charge is 0.478 e. The van der Waals surface area contributed by atoms with E-state index in [-0.39, 0.29) is 12.4 Å². The minimum Gasteiger partial charge on any atom is -0.478 e. The van der Waals surface area contributed by atoms with E-state index in [9.17, 15) is 4.79 Å². The van der Waals surface area contributed by atoms with Crippen LogP contribution in [0.4, 0.5) is 0 Å². The first-order valence-corrected chi connectivity index (χ1v) is 2.54. The van der Waals surface area contributed by atoms with E-state index < -0.39 is 5.97 Å². The van der Waals surface area contributed by atoms with E-state index in [1.807, 2.05) is 13.8 Å². The first-order chi connectivity index (χ1) is 3.63. The number of hydrogen-bond acceptors (Lipinski definition) is 1. The van der Waals surface area contributed by atoms with Crippen molar-refractivity contribution in [3.05, 3.63) is 12.2 Å². The Morgan fingerprint density at radius 3 is 2.11 bits per heavy atom. The number of allylic oxidation sites excluding steroid dienone is 1.